The number of hydrogen-bond donors (Lipinski definition) is 0. The number of halogens is 1. The lowest BCUT2D eigenvalue weighted by molar-refractivity contribution is -0.116. The average molecular weight is 465 g/mol. The van der Waals surface area contributed by atoms with Crippen LogP contribution in [-0.4, -0.2) is 42.2 Å². The Morgan fingerprint density at radius 2 is 2.07 bits per heavy atom. The molecule has 0 spiro atoms. The summed E-state index contributed by atoms with van der Waals surface area (Å²) in [5.74, 6) is 0.393. The summed E-state index contributed by atoms with van der Waals surface area (Å²) in [6.45, 7) is 1.32. The van der Waals surface area contributed by atoms with Gasteiger partial charge in [-0.15, -0.1) is 23.5 Å². The number of benzene rings is 2. The highest BCUT2D eigenvalue weighted by atomic mass is 35.5. The van der Waals surface area contributed by atoms with Crippen LogP contribution in [0.15, 0.2) is 52.3 Å². The molecule has 1 fully saturated rings. The predicted octanol–water partition coefficient (Wildman–Crippen LogP) is 5.98. The average Bonchev–Trinajstić information content (AvgIpc) is 3.40. The minimum atomic E-state index is 0.0459. The van der Waals surface area contributed by atoms with Gasteiger partial charge in [0.25, 0.3) is 0 Å². The summed E-state index contributed by atoms with van der Waals surface area (Å²) in [7, 11) is 0. The van der Waals surface area contributed by atoms with Gasteiger partial charge < -0.3 is 4.74 Å². The molecule has 0 aliphatic carbocycles. The van der Waals surface area contributed by atoms with Gasteiger partial charge in [0.1, 0.15) is 0 Å². The van der Waals surface area contributed by atoms with Crippen molar-refractivity contribution in [2.45, 2.75) is 28.7 Å². The second-order valence-electron chi connectivity index (χ2n) is 6.71. The first-order valence-corrected chi connectivity index (χ1v) is 12.8. The van der Waals surface area contributed by atoms with Gasteiger partial charge in [0, 0.05) is 21.4 Å². The van der Waals surface area contributed by atoms with Gasteiger partial charge in [-0.2, -0.15) is 0 Å². The maximum atomic E-state index is 13.2. The van der Waals surface area contributed by atoms with Gasteiger partial charge in [0.05, 0.1) is 28.6 Å². The first-order chi connectivity index (χ1) is 14.1. The molecule has 0 bridgehead atoms. The summed E-state index contributed by atoms with van der Waals surface area (Å²) in [5.41, 5.74) is 0.929. The largest absolute Gasteiger partial charge is 0.376 e. The maximum Gasteiger partial charge on any atom is 0.239 e. The number of amides is 1. The number of thioether (sulfide) groups is 2. The van der Waals surface area contributed by atoms with Gasteiger partial charge in [-0.25, -0.2) is 4.98 Å². The fraction of sp³-hybridized carbons (Fsp3) is 0.333. The van der Waals surface area contributed by atoms with Gasteiger partial charge in [0.15, 0.2) is 5.13 Å². The van der Waals surface area contributed by atoms with Crippen molar-refractivity contribution in [3.63, 3.8) is 0 Å². The van der Waals surface area contributed by atoms with Crippen LogP contribution in [0, 0.1) is 0 Å². The molecule has 0 N–H and O–H groups in total. The highest BCUT2D eigenvalue weighted by Gasteiger charge is 2.26. The summed E-state index contributed by atoms with van der Waals surface area (Å²) < 4.78 is 6.90. The quantitative estimate of drug-likeness (QED) is 0.402. The minimum Gasteiger partial charge on any atom is -0.376 e. The molecular formula is C21H21ClN2O2S3. The molecule has 4 rings (SSSR count). The third-order valence-electron chi connectivity index (χ3n) is 4.70. The van der Waals surface area contributed by atoms with E-state index in [9.17, 15) is 4.79 Å². The van der Waals surface area contributed by atoms with Crippen LogP contribution < -0.4 is 4.90 Å². The molecule has 1 aliphatic rings. The number of ether oxygens (including phenoxy) is 1. The molecule has 1 saturated heterocycles. The summed E-state index contributed by atoms with van der Waals surface area (Å²) in [4.78, 5) is 21.9. The molecule has 8 heteroatoms. The van der Waals surface area contributed by atoms with E-state index in [4.69, 9.17) is 21.3 Å². The molecule has 29 heavy (non-hydrogen) atoms. The highest BCUT2D eigenvalue weighted by Crippen LogP contribution is 2.33. The minimum absolute atomic E-state index is 0.0459. The molecule has 3 aromatic rings. The number of aromatic nitrogens is 1. The number of fused-ring (bicyclic) bond motifs is 1. The fourth-order valence-corrected chi connectivity index (χ4v) is 5.61. The van der Waals surface area contributed by atoms with Gasteiger partial charge in [-0.3, -0.25) is 9.69 Å². The van der Waals surface area contributed by atoms with Crippen LogP contribution in [0.2, 0.25) is 5.02 Å². The van der Waals surface area contributed by atoms with E-state index >= 15 is 0 Å². The van der Waals surface area contributed by atoms with Crippen molar-refractivity contribution in [3.05, 3.63) is 47.5 Å². The van der Waals surface area contributed by atoms with E-state index in [1.807, 2.05) is 35.2 Å². The van der Waals surface area contributed by atoms with Crippen molar-refractivity contribution in [3.8, 4) is 0 Å². The molecule has 0 saturated carbocycles. The van der Waals surface area contributed by atoms with Crippen LogP contribution in [-0.2, 0) is 9.53 Å². The summed E-state index contributed by atoms with van der Waals surface area (Å²) in [6, 6.07) is 13.8. The molecule has 1 aromatic heterocycles. The van der Waals surface area contributed by atoms with Gasteiger partial charge in [-0.05, 0) is 61.6 Å². The number of thiazole rings is 1. The summed E-state index contributed by atoms with van der Waals surface area (Å²) >= 11 is 10.7. The van der Waals surface area contributed by atoms with Crippen LogP contribution in [0.4, 0.5) is 5.13 Å². The first-order valence-electron chi connectivity index (χ1n) is 9.37. The number of carbonyl (C=O) groups excluding carboxylic acids is 1. The van der Waals surface area contributed by atoms with E-state index in [2.05, 4.69) is 18.4 Å². The standard InChI is InChI=1S/C21H21ClN2O2S3/c1-27-17-8-9-18-19(11-17)29-21(23-18)24(12-15-3-2-10-26-15)20(25)13-28-16-6-4-14(22)5-7-16/h4-9,11,15H,2-3,10,12-13H2,1H3. The predicted molar refractivity (Wildman–Crippen MR) is 125 cm³/mol. The van der Waals surface area contributed by atoms with E-state index in [-0.39, 0.29) is 12.0 Å². The van der Waals surface area contributed by atoms with Crippen molar-refractivity contribution < 1.29 is 9.53 Å². The lowest BCUT2D eigenvalue weighted by Crippen LogP contribution is -2.38. The van der Waals surface area contributed by atoms with Crippen molar-refractivity contribution in [2.24, 2.45) is 0 Å². The zero-order valence-corrected chi connectivity index (χ0v) is 19.2. The zero-order valence-electron chi connectivity index (χ0n) is 16.0. The Balaban J connectivity index is 1.55. The van der Waals surface area contributed by atoms with E-state index in [0.717, 1.165) is 39.7 Å². The van der Waals surface area contributed by atoms with E-state index in [0.29, 0.717) is 17.3 Å². The third kappa shape index (κ3) is 5.27. The van der Waals surface area contributed by atoms with Crippen molar-refractivity contribution in [1.29, 1.82) is 0 Å². The van der Waals surface area contributed by atoms with Crippen LogP contribution in [0.25, 0.3) is 10.2 Å². The molecule has 1 unspecified atom stereocenters. The van der Waals surface area contributed by atoms with E-state index in [1.165, 1.54) is 16.7 Å². The van der Waals surface area contributed by atoms with Crippen LogP contribution in [0.1, 0.15) is 12.8 Å². The molecule has 1 aliphatic heterocycles. The number of hydrogen-bond acceptors (Lipinski definition) is 6. The van der Waals surface area contributed by atoms with Crippen molar-refractivity contribution in [1.82, 2.24) is 4.98 Å². The molecule has 152 valence electrons. The SMILES string of the molecule is CSc1ccc2nc(N(CC3CCCO3)C(=O)CSc3ccc(Cl)cc3)sc2c1. The second kappa shape index (κ2) is 9.71. The first kappa shape index (κ1) is 21.0. The van der Waals surface area contributed by atoms with Gasteiger partial charge in [0.2, 0.25) is 5.91 Å². The Morgan fingerprint density at radius 1 is 1.28 bits per heavy atom. The van der Waals surface area contributed by atoms with Crippen LogP contribution in [0.3, 0.4) is 0 Å². The van der Waals surface area contributed by atoms with Crippen molar-refractivity contribution in [2.75, 3.05) is 30.1 Å². The number of anilines is 1. The van der Waals surface area contributed by atoms with Gasteiger partial charge in [-0.1, -0.05) is 22.9 Å². The highest BCUT2D eigenvalue weighted by molar-refractivity contribution is 8.00. The smallest absolute Gasteiger partial charge is 0.239 e. The molecule has 2 heterocycles. The van der Waals surface area contributed by atoms with Crippen LogP contribution in [0.5, 0.6) is 0 Å². The second-order valence-corrected chi connectivity index (χ2v) is 10.1. The molecule has 2 aromatic carbocycles. The summed E-state index contributed by atoms with van der Waals surface area (Å²) in [5, 5.41) is 1.44. The molecule has 1 atom stereocenters. The van der Waals surface area contributed by atoms with E-state index in [1.54, 1.807) is 23.1 Å². The third-order valence-corrected chi connectivity index (χ3v) is 7.72. The summed E-state index contributed by atoms with van der Waals surface area (Å²) in [6.07, 6.45) is 4.16. The molecular weight excluding hydrogens is 444 g/mol. The number of rotatable bonds is 7. The Bertz CT molecular complexity index is 987. The Labute approximate surface area is 188 Å². The molecule has 0 radical (unpaired) electrons. The monoisotopic (exact) mass is 464 g/mol. The zero-order chi connectivity index (χ0) is 20.2. The Morgan fingerprint density at radius 3 is 2.79 bits per heavy atom. The lowest BCUT2D eigenvalue weighted by atomic mass is 10.2. The van der Waals surface area contributed by atoms with Crippen molar-refractivity contribution >= 4 is 67.7 Å². The number of carbonyl (C=O) groups is 1. The Hall–Kier alpha value is -1.25. The fourth-order valence-electron chi connectivity index (χ4n) is 3.17. The van der Waals surface area contributed by atoms with Crippen LogP contribution >= 0.6 is 46.5 Å². The molecule has 1 amide bonds. The Kier molecular flexibility index (Phi) is 7.03. The topological polar surface area (TPSA) is 42.4 Å². The maximum absolute atomic E-state index is 13.2. The normalized spacial score (nSPS) is 16.4. The lowest BCUT2D eigenvalue weighted by Gasteiger charge is -2.23. The van der Waals surface area contributed by atoms with E-state index < -0.39 is 0 Å². The van der Waals surface area contributed by atoms with Gasteiger partial charge >= 0.3 is 0 Å². The number of nitrogens with zero attached hydrogens (tertiary/aromatic N) is 2. The molecule has 4 nitrogen and oxygen atoms in total.